The molecule has 15 heteroatoms. The Morgan fingerprint density at radius 3 is 0.875 bits per heavy atom. The van der Waals surface area contributed by atoms with Gasteiger partial charge in [-0.15, -0.1) is 0 Å². The van der Waals surface area contributed by atoms with Crippen LogP contribution in [0.25, 0.3) is 0 Å². The molecule has 0 atom stereocenters. The first-order chi connectivity index (χ1) is 23.2. The molecule has 0 aliphatic heterocycles. The summed E-state index contributed by atoms with van der Waals surface area (Å²) in [4.78, 5) is 11.2. The molecule has 0 aromatic heterocycles. The smallest absolute Gasteiger partial charge is 0.308 e. The van der Waals surface area contributed by atoms with Crippen molar-refractivity contribution in [3.05, 3.63) is 0 Å². The number of rotatable bonds is 38. The average molecular weight is 717 g/mol. The normalized spacial score (nSPS) is 12.2. The first-order valence-corrected chi connectivity index (χ1v) is 20.3. The standard InChI is InChI=1S/C33H68O14Si/c1-7-46-32(34)8-9-35-10-11-36-12-13-37-14-15-38-16-17-39-18-19-40-20-21-41-22-23-42-24-25-43-26-27-44-28-29-45-30-31-47-48(5,6)33(2,3)4/h7-31H2,1-6H3. The molecule has 0 aromatic carbocycles. The largest absolute Gasteiger partial charge is 0.466 e. The quantitative estimate of drug-likeness (QED) is 0.0526. The first-order valence-electron chi connectivity index (χ1n) is 17.4. The average Bonchev–Trinajstić information content (AvgIpc) is 3.04. The van der Waals surface area contributed by atoms with Crippen LogP contribution in [0, 0.1) is 0 Å². The molecule has 0 fully saturated rings. The number of ether oxygens (including phenoxy) is 12. The molecule has 14 nitrogen and oxygen atoms in total. The molecule has 0 rings (SSSR count). The Hall–Kier alpha value is -0.793. The van der Waals surface area contributed by atoms with Crippen molar-refractivity contribution in [2.75, 3.05) is 159 Å². The van der Waals surface area contributed by atoms with Crippen LogP contribution in [0.1, 0.15) is 34.1 Å². The summed E-state index contributed by atoms with van der Waals surface area (Å²) in [6.45, 7) is 24.9. The number of carbonyl (C=O) groups is 1. The van der Waals surface area contributed by atoms with Crippen LogP contribution >= 0.6 is 0 Å². The Balaban J connectivity index is 3.13. The third-order valence-electron chi connectivity index (χ3n) is 6.97. The number of carbonyl (C=O) groups excluding carboxylic acids is 1. The predicted octanol–water partition coefficient (Wildman–Crippen LogP) is 3.14. The second kappa shape index (κ2) is 34.6. The van der Waals surface area contributed by atoms with Gasteiger partial charge < -0.3 is 61.3 Å². The Morgan fingerprint density at radius 1 is 0.417 bits per heavy atom. The van der Waals surface area contributed by atoms with Crippen LogP contribution in [-0.2, 0) is 66.1 Å². The van der Waals surface area contributed by atoms with Crippen LogP contribution in [0.15, 0.2) is 0 Å². The molecule has 0 aliphatic rings. The third-order valence-corrected chi connectivity index (χ3v) is 11.5. The lowest BCUT2D eigenvalue weighted by Gasteiger charge is -2.36. The van der Waals surface area contributed by atoms with Gasteiger partial charge in [0.1, 0.15) is 0 Å². The van der Waals surface area contributed by atoms with Gasteiger partial charge in [-0.2, -0.15) is 0 Å². The fraction of sp³-hybridized carbons (Fsp3) is 0.970. The minimum atomic E-state index is -1.70. The van der Waals surface area contributed by atoms with E-state index in [-0.39, 0.29) is 17.4 Å². The van der Waals surface area contributed by atoms with Gasteiger partial charge >= 0.3 is 5.97 Å². The van der Waals surface area contributed by atoms with Gasteiger partial charge in [-0.25, -0.2) is 0 Å². The number of hydrogen-bond donors (Lipinski definition) is 0. The topological polar surface area (TPSA) is 137 Å². The van der Waals surface area contributed by atoms with Crippen LogP contribution in [0.3, 0.4) is 0 Å². The maximum Gasteiger partial charge on any atom is 0.308 e. The van der Waals surface area contributed by atoms with Gasteiger partial charge in [0.25, 0.3) is 0 Å². The Morgan fingerprint density at radius 2 is 0.646 bits per heavy atom. The van der Waals surface area contributed by atoms with E-state index in [0.29, 0.717) is 159 Å². The van der Waals surface area contributed by atoms with Crippen molar-refractivity contribution in [1.82, 2.24) is 0 Å². The molecule has 0 bridgehead atoms. The molecule has 0 aromatic rings. The summed E-state index contributed by atoms with van der Waals surface area (Å²) in [7, 11) is -1.70. The van der Waals surface area contributed by atoms with Crippen LogP contribution in [0.4, 0.5) is 0 Å². The summed E-state index contributed by atoms with van der Waals surface area (Å²) in [5, 5.41) is 0.214. The van der Waals surface area contributed by atoms with Gasteiger partial charge in [-0.05, 0) is 25.1 Å². The van der Waals surface area contributed by atoms with E-state index < -0.39 is 8.32 Å². The predicted molar refractivity (Wildman–Crippen MR) is 183 cm³/mol. The fourth-order valence-corrected chi connectivity index (χ4v) is 4.29. The maximum atomic E-state index is 11.2. The molecular weight excluding hydrogens is 648 g/mol. The van der Waals surface area contributed by atoms with Gasteiger partial charge in [0.05, 0.1) is 165 Å². The van der Waals surface area contributed by atoms with E-state index in [1.54, 1.807) is 6.92 Å². The second-order valence-corrected chi connectivity index (χ2v) is 16.7. The van der Waals surface area contributed by atoms with Crippen molar-refractivity contribution in [2.24, 2.45) is 0 Å². The molecule has 0 unspecified atom stereocenters. The van der Waals surface area contributed by atoms with Gasteiger partial charge in [-0.1, -0.05) is 20.8 Å². The lowest BCUT2D eigenvalue weighted by Crippen LogP contribution is -2.41. The summed E-state index contributed by atoms with van der Waals surface area (Å²) in [5.74, 6) is -0.251. The van der Waals surface area contributed by atoms with E-state index in [1.165, 1.54) is 0 Å². The van der Waals surface area contributed by atoms with Crippen molar-refractivity contribution >= 4 is 14.3 Å². The van der Waals surface area contributed by atoms with Crippen LogP contribution in [0.2, 0.25) is 18.1 Å². The molecule has 0 amide bonds. The molecule has 0 aliphatic carbocycles. The maximum absolute atomic E-state index is 11.2. The zero-order valence-corrected chi connectivity index (χ0v) is 31.9. The van der Waals surface area contributed by atoms with E-state index in [9.17, 15) is 4.79 Å². The van der Waals surface area contributed by atoms with Crippen LogP contribution in [-0.4, -0.2) is 173 Å². The van der Waals surface area contributed by atoms with Crippen molar-refractivity contribution in [2.45, 2.75) is 52.2 Å². The van der Waals surface area contributed by atoms with Crippen molar-refractivity contribution < 1.29 is 66.1 Å². The second-order valence-electron chi connectivity index (χ2n) is 11.9. The van der Waals surface area contributed by atoms with Crippen molar-refractivity contribution in [3.63, 3.8) is 0 Å². The Labute approximate surface area is 291 Å². The fourth-order valence-electron chi connectivity index (χ4n) is 3.26. The van der Waals surface area contributed by atoms with Crippen LogP contribution < -0.4 is 0 Å². The minimum Gasteiger partial charge on any atom is -0.466 e. The van der Waals surface area contributed by atoms with E-state index in [2.05, 4.69) is 33.9 Å². The Kier molecular flexibility index (Phi) is 34.1. The SMILES string of the molecule is CCOC(=O)CCOCCOCCOCCOCCOCCOCCOCCOCCOCCOCCOCCO[Si](C)(C)C(C)(C)C. The van der Waals surface area contributed by atoms with Crippen LogP contribution in [0.5, 0.6) is 0 Å². The highest BCUT2D eigenvalue weighted by Crippen LogP contribution is 2.36. The molecule has 288 valence electrons. The van der Waals surface area contributed by atoms with E-state index in [4.69, 9.17) is 61.3 Å². The van der Waals surface area contributed by atoms with E-state index >= 15 is 0 Å². The molecule has 0 spiro atoms. The van der Waals surface area contributed by atoms with E-state index in [1.807, 2.05) is 0 Å². The highest BCUT2D eigenvalue weighted by molar-refractivity contribution is 6.74. The lowest BCUT2D eigenvalue weighted by atomic mass is 10.2. The summed E-state index contributed by atoms with van der Waals surface area (Å²) in [5.41, 5.74) is 0. The minimum absolute atomic E-state index is 0.214. The zero-order chi connectivity index (χ0) is 35.4. The zero-order valence-electron chi connectivity index (χ0n) is 30.9. The number of hydrogen-bond acceptors (Lipinski definition) is 14. The van der Waals surface area contributed by atoms with Crippen molar-refractivity contribution in [3.8, 4) is 0 Å². The van der Waals surface area contributed by atoms with Gasteiger partial charge in [0, 0.05) is 0 Å². The highest BCUT2D eigenvalue weighted by atomic mass is 28.4. The molecular formula is C33H68O14Si. The molecule has 0 N–H and O–H groups in total. The lowest BCUT2D eigenvalue weighted by molar-refractivity contribution is -0.144. The highest BCUT2D eigenvalue weighted by Gasteiger charge is 2.36. The first kappa shape index (κ1) is 47.2. The molecule has 0 saturated heterocycles. The Bertz CT molecular complexity index is 681. The van der Waals surface area contributed by atoms with Gasteiger partial charge in [-0.3, -0.25) is 4.79 Å². The summed E-state index contributed by atoms with van der Waals surface area (Å²) in [6, 6.07) is 0. The third kappa shape index (κ3) is 33.7. The van der Waals surface area contributed by atoms with Gasteiger partial charge in [0.2, 0.25) is 0 Å². The van der Waals surface area contributed by atoms with Gasteiger partial charge in [0.15, 0.2) is 8.32 Å². The number of esters is 1. The molecule has 48 heavy (non-hydrogen) atoms. The van der Waals surface area contributed by atoms with Crippen molar-refractivity contribution in [1.29, 1.82) is 0 Å². The molecule has 0 heterocycles. The summed E-state index contributed by atoms with van der Waals surface area (Å²) in [6.07, 6.45) is 0.256. The van der Waals surface area contributed by atoms with E-state index in [0.717, 1.165) is 0 Å². The summed E-state index contributed by atoms with van der Waals surface area (Å²) < 4.78 is 71.0. The molecule has 0 radical (unpaired) electrons. The summed E-state index contributed by atoms with van der Waals surface area (Å²) >= 11 is 0. The monoisotopic (exact) mass is 716 g/mol. The molecule has 0 saturated carbocycles.